The van der Waals surface area contributed by atoms with Crippen molar-refractivity contribution in [3.05, 3.63) is 36.4 Å². The van der Waals surface area contributed by atoms with Crippen LogP contribution in [0.15, 0.2) is 36.4 Å². The minimum atomic E-state index is -0.961. The van der Waals surface area contributed by atoms with E-state index in [4.69, 9.17) is 5.11 Å². The Balaban J connectivity index is 0.00000162. The molecule has 2 aromatic rings. The van der Waals surface area contributed by atoms with Crippen LogP contribution < -0.4 is 5.32 Å². The maximum Gasteiger partial charge on any atom is 0.325 e. The fourth-order valence-corrected chi connectivity index (χ4v) is 1.67. The molecule has 18 heavy (non-hydrogen) atoms. The molecular formula is C13H13LiNO3. The van der Waals surface area contributed by atoms with Crippen LogP contribution in [-0.4, -0.2) is 41.1 Å². The summed E-state index contributed by atoms with van der Waals surface area (Å²) >= 11 is 0. The van der Waals surface area contributed by atoms with Gasteiger partial charge in [-0.15, -0.1) is 0 Å². The molecule has 89 valence electrons. The van der Waals surface area contributed by atoms with Gasteiger partial charge in [-0.1, -0.05) is 30.3 Å². The molecule has 0 fully saturated rings. The van der Waals surface area contributed by atoms with Crippen molar-refractivity contribution in [1.29, 1.82) is 0 Å². The van der Waals surface area contributed by atoms with E-state index in [-0.39, 0.29) is 24.6 Å². The first kappa shape index (κ1) is 14.4. The van der Waals surface area contributed by atoms with Crippen LogP contribution in [0.1, 0.15) is 6.92 Å². The van der Waals surface area contributed by atoms with E-state index in [2.05, 4.69) is 5.32 Å². The van der Waals surface area contributed by atoms with Gasteiger partial charge in [0.25, 0.3) is 0 Å². The summed E-state index contributed by atoms with van der Waals surface area (Å²) in [6.07, 6.45) is 0. The number of fused-ring (bicyclic) bond motifs is 1. The summed E-state index contributed by atoms with van der Waals surface area (Å²) in [5.41, 5.74) is 0.429. The third-order valence-corrected chi connectivity index (χ3v) is 2.64. The molecule has 3 N–H and O–H groups in total. The van der Waals surface area contributed by atoms with E-state index in [9.17, 15) is 9.90 Å². The number of carboxylic acid groups (broad SMARTS) is 1. The molecule has 0 aliphatic rings. The number of aromatic hydroxyl groups is 1. The predicted molar refractivity (Wildman–Crippen MR) is 72.1 cm³/mol. The third-order valence-electron chi connectivity index (χ3n) is 2.64. The summed E-state index contributed by atoms with van der Waals surface area (Å²) in [6, 6.07) is 10.2. The first-order valence-corrected chi connectivity index (χ1v) is 5.29. The molecular weight excluding hydrogens is 225 g/mol. The number of carbonyl (C=O) groups is 1. The Morgan fingerprint density at radius 2 is 1.89 bits per heavy atom. The van der Waals surface area contributed by atoms with Gasteiger partial charge in [0.15, 0.2) is 0 Å². The number of nitrogens with one attached hydrogen (secondary N) is 1. The molecule has 0 amide bonds. The van der Waals surface area contributed by atoms with Gasteiger partial charge in [0, 0.05) is 24.2 Å². The largest absolute Gasteiger partial charge is 0.505 e. The first-order valence-electron chi connectivity index (χ1n) is 5.29. The summed E-state index contributed by atoms with van der Waals surface area (Å²) in [4.78, 5) is 10.7. The third kappa shape index (κ3) is 2.78. The zero-order chi connectivity index (χ0) is 12.4. The smallest absolute Gasteiger partial charge is 0.325 e. The molecule has 2 aromatic carbocycles. The molecule has 0 aromatic heterocycles. The van der Waals surface area contributed by atoms with Gasteiger partial charge in [0.2, 0.25) is 0 Å². The minimum Gasteiger partial charge on any atom is -0.505 e. The van der Waals surface area contributed by atoms with Gasteiger partial charge in [-0.25, -0.2) is 0 Å². The Labute approximate surface area is 117 Å². The van der Waals surface area contributed by atoms with Crippen molar-refractivity contribution in [2.75, 3.05) is 5.32 Å². The molecule has 0 heterocycles. The number of aliphatic carboxylic acids is 1. The summed E-state index contributed by atoms with van der Waals surface area (Å²) in [6.45, 7) is 1.52. The van der Waals surface area contributed by atoms with E-state index < -0.39 is 12.0 Å². The second-order valence-corrected chi connectivity index (χ2v) is 3.89. The molecule has 0 aliphatic carbocycles. The van der Waals surface area contributed by atoms with E-state index in [1.54, 1.807) is 12.1 Å². The average Bonchev–Trinajstić information content (AvgIpc) is 2.33. The van der Waals surface area contributed by atoms with Crippen LogP contribution in [0.3, 0.4) is 0 Å². The molecule has 4 nitrogen and oxygen atoms in total. The zero-order valence-electron chi connectivity index (χ0n) is 10.3. The van der Waals surface area contributed by atoms with Crippen LogP contribution in [0, 0.1) is 0 Å². The fraction of sp³-hybridized carbons (Fsp3) is 0.154. The Bertz CT molecular complexity index is 571. The maximum atomic E-state index is 10.7. The normalized spacial score (nSPS) is 11.6. The number of carboxylic acids is 1. The van der Waals surface area contributed by atoms with Crippen LogP contribution in [-0.2, 0) is 4.79 Å². The van der Waals surface area contributed by atoms with E-state index >= 15 is 0 Å². The number of anilines is 1. The molecule has 1 atom stereocenters. The van der Waals surface area contributed by atoms with Crippen molar-refractivity contribution in [2.24, 2.45) is 0 Å². The molecule has 0 spiro atoms. The van der Waals surface area contributed by atoms with Gasteiger partial charge >= 0.3 is 5.97 Å². The number of hydrogen-bond donors (Lipinski definition) is 3. The summed E-state index contributed by atoms with van der Waals surface area (Å²) in [7, 11) is 0. The van der Waals surface area contributed by atoms with E-state index in [0.29, 0.717) is 11.1 Å². The van der Waals surface area contributed by atoms with Crippen LogP contribution in [0.25, 0.3) is 10.8 Å². The number of rotatable bonds is 3. The summed E-state index contributed by atoms with van der Waals surface area (Å²) in [5, 5.41) is 23.2. The molecule has 5 heteroatoms. The van der Waals surface area contributed by atoms with E-state index in [1.807, 2.05) is 24.3 Å². The average molecular weight is 238 g/mol. The predicted octanol–water partition coefficient (Wildman–Crippen LogP) is 2.05. The maximum absolute atomic E-state index is 10.7. The van der Waals surface area contributed by atoms with Gasteiger partial charge in [0.05, 0.1) is 5.69 Å². The Morgan fingerprint density at radius 1 is 1.22 bits per heavy atom. The topological polar surface area (TPSA) is 69.6 Å². The zero-order valence-corrected chi connectivity index (χ0v) is 10.3. The quantitative estimate of drug-likeness (QED) is 0.565. The van der Waals surface area contributed by atoms with Crippen molar-refractivity contribution in [3.63, 3.8) is 0 Å². The second-order valence-electron chi connectivity index (χ2n) is 3.89. The van der Waals surface area contributed by atoms with Gasteiger partial charge in [-0.2, -0.15) is 0 Å². The van der Waals surface area contributed by atoms with Crippen LogP contribution >= 0.6 is 0 Å². The van der Waals surface area contributed by atoms with Crippen LogP contribution in [0.5, 0.6) is 5.75 Å². The fourth-order valence-electron chi connectivity index (χ4n) is 1.67. The molecule has 0 aliphatic heterocycles. The van der Waals surface area contributed by atoms with Crippen molar-refractivity contribution in [2.45, 2.75) is 13.0 Å². The van der Waals surface area contributed by atoms with Gasteiger partial charge < -0.3 is 15.5 Å². The number of phenols is 1. The number of phenolic OH excluding ortho intramolecular Hbond substituents is 1. The first-order chi connectivity index (χ1) is 8.09. The van der Waals surface area contributed by atoms with Crippen LogP contribution in [0.4, 0.5) is 5.69 Å². The Kier molecular flexibility index (Phi) is 4.66. The van der Waals surface area contributed by atoms with Crippen molar-refractivity contribution < 1.29 is 15.0 Å². The molecule has 2 rings (SSSR count). The summed E-state index contributed by atoms with van der Waals surface area (Å²) < 4.78 is 0. The van der Waals surface area contributed by atoms with Crippen molar-refractivity contribution in [1.82, 2.24) is 0 Å². The van der Waals surface area contributed by atoms with Gasteiger partial charge in [0.1, 0.15) is 11.8 Å². The van der Waals surface area contributed by atoms with Crippen molar-refractivity contribution in [3.8, 4) is 5.75 Å². The molecule has 0 bridgehead atoms. The SMILES string of the molecule is C[C@H](Nc1ccc2ccccc2c1O)C(=O)O.[Li]. The van der Waals surface area contributed by atoms with Gasteiger partial charge in [-0.3, -0.25) is 4.79 Å². The standard InChI is InChI=1S/C13H13NO3.Li/c1-8(13(16)17)14-11-7-6-9-4-2-3-5-10(9)12(11)15;/h2-8,14-15H,1H3,(H,16,17);/t8-;/m0./s1. The second kappa shape index (κ2) is 5.81. The molecule has 0 unspecified atom stereocenters. The minimum absolute atomic E-state index is 0. The number of benzene rings is 2. The monoisotopic (exact) mass is 238 g/mol. The Hall–Kier alpha value is -1.63. The van der Waals surface area contributed by atoms with E-state index in [0.717, 1.165) is 5.39 Å². The van der Waals surface area contributed by atoms with Crippen LogP contribution in [0.2, 0.25) is 0 Å². The molecule has 0 saturated carbocycles. The summed E-state index contributed by atoms with van der Waals surface area (Å²) in [5.74, 6) is -0.881. The molecule has 0 saturated heterocycles. The number of hydrogen-bond acceptors (Lipinski definition) is 3. The Morgan fingerprint density at radius 3 is 2.56 bits per heavy atom. The van der Waals surface area contributed by atoms with Gasteiger partial charge in [-0.05, 0) is 18.4 Å². The van der Waals surface area contributed by atoms with Crippen molar-refractivity contribution >= 4 is 41.3 Å². The molecule has 1 radical (unpaired) electrons. The van der Waals surface area contributed by atoms with E-state index in [1.165, 1.54) is 6.92 Å².